The highest BCUT2D eigenvalue weighted by Gasteiger charge is 2.45. The molecule has 34 heavy (non-hydrogen) atoms. The second-order valence-corrected chi connectivity index (χ2v) is 7.07. The number of carbonyl (C=O) groups excluding carboxylic acids is 3. The lowest BCUT2D eigenvalue weighted by Crippen LogP contribution is -2.40. The summed E-state index contributed by atoms with van der Waals surface area (Å²) in [6.45, 7) is 3.14. The van der Waals surface area contributed by atoms with E-state index in [0.29, 0.717) is 22.6 Å². The van der Waals surface area contributed by atoms with Gasteiger partial charge in [-0.2, -0.15) is 10.5 Å². The van der Waals surface area contributed by atoms with Crippen LogP contribution in [0.15, 0.2) is 48.5 Å². The van der Waals surface area contributed by atoms with E-state index in [9.17, 15) is 19.6 Å². The van der Waals surface area contributed by atoms with Crippen LogP contribution >= 0.6 is 0 Å². The lowest BCUT2D eigenvalue weighted by atomic mass is 9.76. The van der Waals surface area contributed by atoms with Gasteiger partial charge in [0.05, 0.1) is 38.0 Å². The third kappa shape index (κ3) is 6.33. The molecule has 1 N–H and O–H groups in total. The Bertz CT molecular complexity index is 1070. The van der Waals surface area contributed by atoms with Crippen LogP contribution in [0.1, 0.15) is 30.9 Å². The van der Waals surface area contributed by atoms with Crippen molar-refractivity contribution in [3.05, 3.63) is 59.7 Å². The minimum absolute atomic E-state index is 0.00983. The van der Waals surface area contributed by atoms with Crippen LogP contribution in [0.3, 0.4) is 0 Å². The number of benzene rings is 2. The number of nitrogens with zero attached hydrogens (tertiary/aromatic N) is 2. The molecule has 9 nitrogen and oxygen atoms in total. The molecular formula is C25H25N3O6. The van der Waals surface area contributed by atoms with Gasteiger partial charge in [-0.3, -0.25) is 14.4 Å². The summed E-state index contributed by atoms with van der Waals surface area (Å²) in [5.74, 6) is -6.22. The Kier molecular flexibility index (Phi) is 9.60. The van der Waals surface area contributed by atoms with E-state index in [2.05, 4.69) is 5.32 Å². The second-order valence-electron chi connectivity index (χ2n) is 7.07. The maximum Gasteiger partial charge on any atom is 0.321 e. The van der Waals surface area contributed by atoms with Crippen LogP contribution in [0.4, 0.5) is 5.69 Å². The standard InChI is InChI=1S/C25H25N3O6/c1-4-33-24(30)22(25(31)34-5-2)21(17-8-6-16(14-26)7-9-17)20(15-27)23(29)28-18-10-12-19(32-3)13-11-18/h6-13,20-22H,4-5H2,1-3H3,(H,28,29). The third-order valence-electron chi connectivity index (χ3n) is 5.00. The maximum atomic E-state index is 13.2. The van der Waals surface area contributed by atoms with Crippen molar-refractivity contribution >= 4 is 23.5 Å². The number of anilines is 1. The quantitative estimate of drug-likeness (QED) is 0.419. The molecule has 0 saturated carbocycles. The van der Waals surface area contributed by atoms with Crippen LogP contribution in [-0.2, 0) is 23.9 Å². The van der Waals surface area contributed by atoms with Crippen molar-refractivity contribution in [2.45, 2.75) is 19.8 Å². The fourth-order valence-corrected chi connectivity index (χ4v) is 3.41. The molecule has 176 valence electrons. The molecule has 0 aliphatic carbocycles. The number of nitriles is 2. The lowest BCUT2D eigenvalue weighted by Gasteiger charge is -2.27. The molecule has 0 spiro atoms. The summed E-state index contributed by atoms with van der Waals surface area (Å²) in [6, 6.07) is 16.3. The Balaban J connectivity index is 2.54. The van der Waals surface area contributed by atoms with Crippen LogP contribution in [0, 0.1) is 34.5 Å². The highest BCUT2D eigenvalue weighted by Crippen LogP contribution is 2.35. The van der Waals surface area contributed by atoms with E-state index in [0.717, 1.165) is 0 Å². The largest absolute Gasteiger partial charge is 0.497 e. The van der Waals surface area contributed by atoms with Crippen LogP contribution < -0.4 is 10.1 Å². The van der Waals surface area contributed by atoms with Gasteiger partial charge in [-0.1, -0.05) is 12.1 Å². The number of hydrogen-bond donors (Lipinski definition) is 1. The highest BCUT2D eigenvalue weighted by atomic mass is 16.6. The Hall–Kier alpha value is -4.37. The van der Waals surface area contributed by atoms with Gasteiger partial charge >= 0.3 is 11.9 Å². The first kappa shape index (κ1) is 25.9. The molecule has 0 bridgehead atoms. The molecular weight excluding hydrogens is 438 g/mol. The number of amides is 1. The topological polar surface area (TPSA) is 139 Å². The first-order valence-corrected chi connectivity index (χ1v) is 10.6. The first-order valence-electron chi connectivity index (χ1n) is 10.6. The minimum atomic E-state index is -1.57. The van der Waals surface area contributed by atoms with Crippen molar-refractivity contribution in [2.24, 2.45) is 11.8 Å². The van der Waals surface area contributed by atoms with Crippen LogP contribution in [0.2, 0.25) is 0 Å². The number of esters is 2. The van der Waals surface area contributed by atoms with Gasteiger partial charge in [0.25, 0.3) is 0 Å². The monoisotopic (exact) mass is 463 g/mol. The average Bonchev–Trinajstić information content (AvgIpc) is 2.84. The van der Waals surface area contributed by atoms with Crippen molar-refractivity contribution in [1.82, 2.24) is 0 Å². The predicted molar refractivity (Wildman–Crippen MR) is 121 cm³/mol. The lowest BCUT2D eigenvalue weighted by molar-refractivity contribution is -0.163. The van der Waals surface area contributed by atoms with Crippen molar-refractivity contribution < 1.29 is 28.6 Å². The predicted octanol–water partition coefficient (Wildman–Crippen LogP) is 3.17. The summed E-state index contributed by atoms with van der Waals surface area (Å²) in [6.07, 6.45) is 0. The summed E-state index contributed by atoms with van der Waals surface area (Å²) in [4.78, 5) is 38.9. The first-order chi connectivity index (χ1) is 16.4. The summed E-state index contributed by atoms with van der Waals surface area (Å²) in [5.41, 5.74) is 1.07. The van der Waals surface area contributed by atoms with Gasteiger partial charge in [-0.05, 0) is 55.8 Å². The molecule has 0 fully saturated rings. The van der Waals surface area contributed by atoms with Gasteiger partial charge in [0.15, 0.2) is 5.92 Å². The van der Waals surface area contributed by atoms with Gasteiger partial charge in [0, 0.05) is 11.6 Å². The normalized spacial score (nSPS) is 11.9. The van der Waals surface area contributed by atoms with Gasteiger partial charge < -0.3 is 19.5 Å². The van der Waals surface area contributed by atoms with E-state index in [1.165, 1.54) is 31.4 Å². The fourth-order valence-electron chi connectivity index (χ4n) is 3.41. The maximum absolute atomic E-state index is 13.2. The van der Waals surface area contributed by atoms with Crippen LogP contribution in [-0.4, -0.2) is 38.2 Å². The summed E-state index contributed by atoms with van der Waals surface area (Å²) in [5, 5.41) is 21.7. The van der Waals surface area contributed by atoms with E-state index in [4.69, 9.17) is 19.5 Å². The molecule has 0 aliphatic rings. The number of methoxy groups -OCH3 is 1. The molecule has 2 unspecified atom stereocenters. The molecule has 2 aromatic rings. The molecule has 2 atom stereocenters. The van der Waals surface area contributed by atoms with Crippen LogP contribution in [0.5, 0.6) is 5.75 Å². The van der Waals surface area contributed by atoms with Crippen molar-refractivity contribution in [2.75, 3.05) is 25.6 Å². The SMILES string of the molecule is CCOC(=O)C(C(=O)OCC)C(c1ccc(C#N)cc1)C(C#N)C(=O)Nc1ccc(OC)cc1. The van der Waals surface area contributed by atoms with E-state index >= 15 is 0 Å². The van der Waals surface area contributed by atoms with Gasteiger partial charge in [0.2, 0.25) is 5.91 Å². The Labute approximate surface area is 197 Å². The molecule has 0 aromatic heterocycles. The van der Waals surface area contributed by atoms with E-state index < -0.39 is 35.6 Å². The number of carbonyl (C=O) groups is 3. The molecule has 1 amide bonds. The zero-order chi connectivity index (χ0) is 25.1. The van der Waals surface area contributed by atoms with Gasteiger partial charge in [0.1, 0.15) is 11.7 Å². The number of ether oxygens (including phenoxy) is 3. The molecule has 0 aliphatic heterocycles. The third-order valence-corrected chi connectivity index (χ3v) is 5.00. The fraction of sp³-hybridized carbons (Fsp3) is 0.320. The van der Waals surface area contributed by atoms with Crippen molar-refractivity contribution in [3.8, 4) is 17.9 Å². The molecule has 9 heteroatoms. The Morgan fingerprint density at radius 2 is 1.47 bits per heavy atom. The van der Waals surface area contributed by atoms with E-state index in [1.54, 1.807) is 38.1 Å². The minimum Gasteiger partial charge on any atom is -0.497 e. The van der Waals surface area contributed by atoms with E-state index in [1.807, 2.05) is 12.1 Å². The molecule has 2 rings (SSSR count). The number of rotatable bonds is 10. The smallest absolute Gasteiger partial charge is 0.321 e. The molecule has 0 heterocycles. The highest BCUT2D eigenvalue weighted by molar-refractivity contribution is 6.00. The summed E-state index contributed by atoms with van der Waals surface area (Å²) < 4.78 is 15.3. The van der Waals surface area contributed by atoms with Crippen LogP contribution in [0.25, 0.3) is 0 Å². The molecule has 0 radical (unpaired) electrons. The number of nitrogens with one attached hydrogen (secondary N) is 1. The van der Waals surface area contributed by atoms with Crippen molar-refractivity contribution in [3.63, 3.8) is 0 Å². The van der Waals surface area contributed by atoms with Gasteiger partial charge in [-0.25, -0.2) is 0 Å². The van der Waals surface area contributed by atoms with Crippen molar-refractivity contribution in [1.29, 1.82) is 10.5 Å². The number of hydrogen-bond acceptors (Lipinski definition) is 8. The Morgan fingerprint density at radius 3 is 1.91 bits per heavy atom. The van der Waals surface area contributed by atoms with E-state index in [-0.39, 0.29) is 13.2 Å². The summed E-state index contributed by atoms with van der Waals surface area (Å²) >= 11 is 0. The summed E-state index contributed by atoms with van der Waals surface area (Å²) in [7, 11) is 1.51. The zero-order valence-corrected chi connectivity index (χ0v) is 19.1. The van der Waals surface area contributed by atoms with Gasteiger partial charge in [-0.15, -0.1) is 0 Å². The zero-order valence-electron chi connectivity index (χ0n) is 19.1. The average molecular weight is 463 g/mol. The Morgan fingerprint density at radius 1 is 0.912 bits per heavy atom. The molecule has 0 saturated heterocycles. The second kappa shape index (κ2) is 12.6. The molecule has 2 aromatic carbocycles.